The monoisotopic (exact) mass is 443 g/mol. The molecule has 0 unspecified atom stereocenters. The van der Waals surface area contributed by atoms with Gasteiger partial charge in [0.25, 0.3) is 5.91 Å². The van der Waals surface area contributed by atoms with E-state index in [1.165, 1.54) is 28.7 Å². The summed E-state index contributed by atoms with van der Waals surface area (Å²) in [5, 5.41) is 12.9. The van der Waals surface area contributed by atoms with Crippen molar-refractivity contribution in [1.29, 1.82) is 0 Å². The van der Waals surface area contributed by atoms with E-state index in [2.05, 4.69) is 10.3 Å². The maximum Gasteiger partial charge on any atom is 0.340 e. The predicted molar refractivity (Wildman–Crippen MR) is 120 cm³/mol. The van der Waals surface area contributed by atoms with E-state index in [1.807, 2.05) is 6.07 Å². The summed E-state index contributed by atoms with van der Waals surface area (Å²) in [6.07, 6.45) is 3.18. The Morgan fingerprint density at radius 3 is 2.55 bits per heavy atom. The summed E-state index contributed by atoms with van der Waals surface area (Å²) in [5.41, 5.74) is 1.77. The molecule has 166 valence electrons. The Labute approximate surface area is 189 Å². The van der Waals surface area contributed by atoms with Crippen LogP contribution in [0.25, 0.3) is 5.52 Å². The average molecular weight is 443 g/mol. The third-order valence-electron chi connectivity index (χ3n) is 5.07. The van der Waals surface area contributed by atoms with Crippen molar-refractivity contribution in [3.8, 4) is 5.75 Å². The SMILES string of the molecule is CCOC(=O)c1cc(C(=O)c2ccccc2O)n2ccc(C(=O)NCc3ccccn3)cc12. The van der Waals surface area contributed by atoms with Gasteiger partial charge in [0.15, 0.2) is 0 Å². The normalized spacial score (nSPS) is 10.7. The summed E-state index contributed by atoms with van der Waals surface area (Å²) in [4.78, 5) is 42.6. The number of amides is 1. The molecule has 0 aliphatic carbocycles. The molecule has 8 heteroatoms. The smallest absolute Gasteiger partial charge is 0.340 e. The summed E-state index contributed by atoms with van der Waals surface area (Å²) in [6, 6.07) is 16.1. The Bertz CT molecular complexity index is 1340. The van der Waals surface area contributed by atoms with Gasteiger partial charge in [-0.3, -0.25) is 14.6 Å². The van der Waals surface area contributed by atoms with Crippen molar-refractivity contribution >= 4 is 23.2 Å². The van der Waals surface area contributed by atoms with Crippen molar-refractivity contribution in [2.24, 2.45) is 0 Å². The molecule has 4 aromatic rings. The number of phenols is 1. The summed E-state index contributed by atoms with van der Waals surface area (Å²) < 4.78 is 6.65. The number of carbonyl (C=O) groups is 3. The number of ether oxygens (including phenoxy) is 1. The highest BCUT2D eigenvalue weighted by atomic mass is 16.5. The van der Waals surface area contributed by atoms with Gasteiger partial charge in [-0.1, -0.05) is 18.2 Å². The molecule has 1 amide bonds. The largest absolute Gasteiger partial charge is 0.507 e. The van der Waals surface area contributed by atoms with Crippen molar-refractivity contribution in [3.63, 3.8) is 0 Å². The Morgan fingerprint density at radius 2 is 1.82 bits per heavy atom. The van der Waals surface area contributed by atoms with E-state index in [-0.39, 0.29) is 41.6 Å². The van der Waals surface area contributed by atoms with Gasteiger partial charge in [-0.25, -0.2) is 4.79 Å². The van der Waals surface area contributed by atoms with E-state index in [4.69, 9.17) is 4.74 Å². The van der Waals surface area contributed by atoms with Crippen LogP contribution in [-0.4, -0.2) is 38.8 Å². The highest BCUT2D eigenvalue weighted by Crippen LogP contribution is 2.25. The lowest BCUT2D eigenvalue weighted by Crippen LogP contribution is -2.23. The molecule has 4 rings (SSSR count). The van der Waals surface area contributed by atoms with E-state index in [1.54, 1.807) is 49.6 Å². The summed E-state index contributed by atoms with van der Waals surface area (Å²) >= 11 is 0. The molecule has 0 atom stereocenters. The van der Waals surface area contributed by atoms with Gasteiger partial charge >= 0.3 is 5.97 Å². The molecular weight excluding hydrogens is 422 g/mol. The topological polar surface area (TPSA) is 110 Å². The number of para-hydroxylation sites is 1. The number of rotatable bonds is 7. The maximum atomic E-state index is 13.1. The van der Waals surface area contributed by atoms with Gasteiger partial charge in [0.2, 0.25) is 5.78 Å². The van der Waals surface area contributed by atoms with Crippen LogP contribution in [0.15, 0.2) is 73.1 Å². The van der Waals surface area contributed by atoms with Crippen molar-refractivity contribution in [3.05, 3.63) is 101 Å². The first-order chi connectivity index (χ1) is 16.0. The van der Waals surface area contributed by atoms with Crippen LogP contribution < -0.4 is 5.32 Å². The molecule has 3 heterocycles. The lowest BCUT2D eigenvalue weighted by atomic mass is 10.1. The molecule has 3 aromatic heterocycles. The molecule has 0 aliphatic heterocycles. The highest BCUT2D eigenvalue weighted by Gasteiger charge is 2.23. The summed E-state index contributed by atoms with van der Waals surface area (Å²) in [5.74, 6) is -1.60. The Morgan fingerprint density at radius 1 is 1.03 bits per heavy atom. The molecule has 2 N–H and O–H groups in total. The number of carbonyl (C=O) groups excluding carboxylic acids is 3. The highest BCUT2D eigenvalue weighted by molar-refractivity contribution is 6.13. The standard InChI is InChI=1S/C25H21N3O5/c1-2-33-25(32)19-14-21(23(30)18-8-3-4-9-22(18)29)28-12-10-16(13-20(19)28)24(31)27-15-17-7-5-6-11-26-17/h3-14,29H,2,15H2,1H3,(H,27,31). The minimum Gasteiger partial charge on any atom is -0.507 e. The minimum absolute atomic E-state index is 0.101. The van der Waals surface area contributed by atoms with Gasteiger partial charge in [-0.2, -0.15) is 0 Å². The van der Waals surface area contributed by atoms with Crippen molar-refractivity contribution in [2.75, 3.05) is 6.61 Å². The number of hydrogen-bond donors (Lipinski definition) is 2. The zero-order valence-corrected chi connectivity index (χ0v) is 17.8. The first-order valence-electron chi connectivity index (χ1n) is 10.3. The number of pyridine rings is 2. The molecule has 33 heavy (non-hydrogen) atoms. The summed E-state index contributed by atoms with van der Waals surface area (Å²) in [7, 11) is 0. The molecular formula is C25H21N3O5. The molecule has 0 saturated heterocycles. The first kappa shape index (κ1) is 21.8. The van der Waals surface area contributed by atoms with E-state index in [0.29, 0.717) is 16.8 Å². The van der Waals surface area contributed by atoms with Crippen molar-refractivity contribution in [2.45, 2.75) is 13.5 Å². The number of esters is 1. The molecule has 0 saturated carbocycles. The molecule has 0 radical (unpaired) electrons. The number of aromatic hydroxyl groups is 1. The van der Waals surface area contributed by atoms with Gasteiger partial charge in [0.1, 0.15) is 5.75 Å². The number of nitrogens with zero attached hydrogens (tertiary/aromatic N) is 2. The fourth-order valence-electron chi connectivity index (χ4n) is 3.47. The number of phenolic OH excluding ortho intramolecular Hbond substituents is 1. The van der Waals surface area contributed by atoms with Gasteiger partial charge in [-0.05, 0) is 49.4 Å². The number of aromatic nitrogens is 2. The zero-order valence-electron chi connectivity index (χ0n) is 17.8. The Balaban J connectivity index is 1.72. The number of benzene rings is 1. The second-order valence-corrected chi connectivity index (χ2v) is 7.18. The second-order valence-electron chi connectivity index (χ2n) is 7.18. The van der Waals surface area contributed by atoms with Crippen LogP contribution in [0.2, 0.25) is 0 Å². The zero-order chi connectivity index (χ0) is 23.4. The van der Waals surface area contributed by atoms with Crippen LogP contribution in [0.4, 0.5) is 0 Å². The predicted octanol–water partition coefficient (Wildman–Crippen LogP) is 3.38. The van der Waals surface area contributed by atoms with E-state index < -0.39 is 11.8 Å². The fourth-order valence-corrected chi connectivity index (χ4v) is 3.47. The molecule has 0 fully saturated rings. The average Bonchev–Trinajstić information content (AvgIpc) is 3.22. The lowest BCUT2D eigenvalue weighted by molar-refractivity contribution is 0.0528. The van der Waals surface area contributed by atoms with Gasteiger partial charge in [-0.15, -0.1) is 0 Å². The first-order valence-corrected chi connectivity index (χ1v) is 10.3. The van der Waals surface area contributed by atoms with E-state index >= 15 is 0 Å². The molecule has 0 bridgehead atoms. The van der Waals surface area contributed by atoms with Gasteiger partial charge < -0.3 is 19.6 Å². The van der Waals surface area contributed by atoms with Crippen molar-refractivity contribution in [1.82, 2.24) is 14.7 Å². The third kappa shape index (κ3) is 4.45. The van der Waals surface area contributed by atoms with Crippen LogP contribution in [0.1, 0.15) is 49.4 Å². The number of fused-ring (bicyclic) bond motifs is 1. The molecule has 1 aromatic carbocycles. The van der Waals surface area contributed by atoms with Gasteiger partial charge in [0, 0.05) is 18.0 Å². The third-order valence-corrected chi connectivity index (χ3v) is 5.07. The molecule has 0 aliphatic rings. The lowest BCUT2D eigenvalue weighted by Gasteiger charge is -2.08. The number of hydrogen-bond acceptors (Lipinski definition) is 6. The fraction of sp³-hybridized carbons (Fsp3) is 0.120. The van der Waals surface area contributed by atoms with Crippen molar-refractivity contribution < 1.29 is 24.2 Å². The van der Waals surface area contributed by atoms with Crippen LogP contribution in [0, 0.1) is 0 Å². The van der Waals surface area contributed by atoms with Crippen LogP contribution in [0.3, 0.4) is 0 Å². The van der Waals surface area contributed by atoms with Crippen LogP contribution >= 0.6 is 0 Å². The number of ketones is 1. The molecule has 8 nitrogen and oxygen atoms in total. The van der Waals surface area contributed by atoms with E-state index in [9.17, 15) is 19.5 Å². The Kier molecular flexibility index (Phi) is 6.17. The van der Waals surface area contributed by atoms with Gasteiger partial charge in [0.05, 0.1) is 41.2 Å². The summed E-state index contributed by atoms with van der Waals surface area (Å²) in [6.45, 7) is 2.08. The maximum absolute atomic E-state index is 13.1. The second kappa shape index (κ2) is 9.35. The Hall–Kier alpha value is -4.46. The van der Waals surface area contributed by atoms with Crippen LogP contribution in [0.5, 0.6) is 5.75 Å². The minimum atomic E-state index is -0.614. The van der Waals surface area contributed by atoms with Crippen LogP contribution in [-0.2, 0) is 11.3 Å². The number of nitrogens with one attached hydrogen (secondary N) is 1. The quantitative estimate of drug-likeness (QED) is 0.335. The van der Waals surface area contributed by atoms with E-state index in [0.717, 1.165) is 0 Å². The molecule has 0 spiro atoms.